The Kier molecular flexibility index (Phi) is 6.83. The molecule has 7 heteroatoms. The molecule has 0 unspecified atom stereocenters. The lowest BCUT2D eigenvalue weighted by molar-refractivity contribution is -0.130. The smallest absolute Gasteiger partial charge is 0.413 e. The first kappa shape index (κ1) is 17.7. The number of likely N-dealkylation sites (tertiary alicyclic amines) is 1. The molecule has 0 radical (unpaired) electrons. The molecule has 2 amide bonds. The summed E-state index contributed by atoms with van der Waals surface area (Å²) in [6.45, 7) is 6.01. The number of amides is 2. The molecule has 1 aromatic heterocycles. The molecule has 2 rings (SSSR count). The second-order valence-electron chi connectivity index (χ2n) is 6.23. The molecular weight excluding hydrogens is 314 g/mol. The highest BCUT2D eigenvalue weighted by atomic mass is 32.1. The molecule has 1 aromatic rings. The van der Waals surface area contributed by atoms with E-state index in [9.17, 15) is 9.59 Å². The fourth-order valence-corrected chi connectivity index (χ4v) is 3.09. The van der Waals surface area contributed by atoms with Gasteiger partial charge in [0.05, 0.1) is 18.7 Å². The third kappa shape index (κ3) is 6.17. The Bertz CT molecular complexity index is 522. The molecule has 1 aliphatic heterocycles. The summed E-state index contributed by atoms with van der Waals surface area (Å²) in [5.41, 5.74) is 0.698. The van der Waals surface area contributed by atoms with E-state index >= 15 is 0 Å². The molecule has 0 aliphatic carbocycles. The van der Waals surface area contributed by atoms with Crippen molar-refractivity contribution >= 4 is 28.5 Å². The van der Waals surface area contributed by atoms with Crippen molar-refractivity contribution in [2.75, 3.05) is 25.0 Å². The number of rotatable bonds is 5. The molecule has 1 N–H and O–H groups in total. The van der Waals surface area contributed by atoms with Gasteiger partial charge in [-0.05, 0) is 18.8 Å². The third-order valence-corrected chi connectivity index (χ3v) is 4.41. The summed E-state index contributed by atoms with van der Waals surface area (Å²) >= 11 is 1.31. The van der Waals surface area contributed by atoms with E-state index in [4.69, 9.17) is 4.74 Å². The topological polar surface area (TPSA) is 71.5 Å². The van der Waals surface area contributed by atoms with Crippen LogP contribution in [0.15, 0.2) is 5.38 Å². The van der Waals surface area contributed by atoms with Gasteiger partial charge in [0.2, 0.25) is 5.91 Å². The van der Waals surface area contributed by atoms with E-state index in [1.165, 1.54) is 24.2 Å². The summed E-state index contributed by atoms with van der Waals surface area (Å²) in [4.78, 5) is 30.1. The van der Waals surface area contributed by atoms with Gasteiger partial charge in [-0.25, -0.2) is 9.78 Å². The Labute approximate surface area is 141 Å². The van der Waals surface area contributed by atoms with Crippen LogP contribution in [0.5, 0.6) is 0 Å². The molecule has 23 heavy (non-hydrogen) atoms. The minimum Gasteiger partial charge on any atom is -0.449 e. The number of anilines is 1. The SMILES string of the molecule is CC(C)COC(=O)Nc1nc(CC(=O)N2CCCCCC2)cs1. The number of carbonyl (C=O) groups is 2. The van der Waals surface area contributed by atoms with Crippen molar-refractivity contribution in [3.63, 3.8) is 0 Å². The number of hydrogen-bond acceptors (Lipinski definition) is 5. The van der Waals surface area contributed by atoms with Gasteiger partial charge in [-0.3, -0.25) is 10.1 Å². The van der Waals surface area contributed by atoms with Crippen LogP contribution in [0.1, 0.15) is 45.2 Å². The van der Waals surface area contributed by atoms with Gasteiger partial charge in [0.1, 0.15) is 0 Å². The Balaban J connectivity index is 1.81. The van der Waals surface area contributed by atoms with Crippen LogP contribution in [0, 0.1) is 5.92 Å². The number of thiazole rings is 1. The molecule has 0 aromatic carbocycles. The second-order valence-corrected chi connectivity index (χ2v) is 7.09. The molecule has 6 nitrogen and oxygen atoms in total. The summed E-state index contributed by atoms with van der Waals surface area (Å²) in [5.74, 6) is 0.407. The Hall–Kier alpha value is -1.63. The summed E-state index contributed by atoms with van der Waals surface area (Å²) in [7, 11) is 0. The van der Waals surface area contributed by atoms with Gasteiger partial charge >= 0.3 is 6.09 Å². The van der Waals surface area contributed by atoms with Crippen LogP contribution in [0.4, 0.5) is 9.93 Å². The first-order chi connectivity index (χ1) is 11.0. The van der Waals surface area contributed by atoms with E-state index in [1.807, 2.05) is 24.1 Å². The van der Waals surface area contributed by atoms with E-state index in [1.54, 1.807) is 0 Å². The summed E-state index contributed by atoms with van der Waals surface area (Å²) < 4.78 is 5.05. The van der Waals surface area contributed by atoms with Crippen molar-refractivity contribution in [1.82, 2.24) is 9.88 Å². The van der Waals surface area contributed by atoms with Crippen LogP contribution in [0.2, 0.25) is 0 Å². The zero-order valence-corrected chi connectivity index (χ0v) is 14.7. The predicted octanol–water partition coefficient (Wildman–Crippen LogP) is 3.29. The zero-order valence-electron chi connectivity index (χ0n) is 13.8. The quantitative estimate of drug-likeness (QED) is 0.893. The van der Waals surface area contributed by atoms with Crippen molar-refractivity contribution in [3.05, 3.63) is 11.1 Å². The van der Waals surface area contributed by atoms with E-state index in [-0.39, 0.29) is 5.91 Å². The van der Waals surface area contributed by atoms with Crippen molar-refractivity contribution in [1.29, 1.82) is 0 Å². The summed E-state index contributed by atoms with van der Waals surface area (Å²) in [6.07, 6.45) is 4.35. The van der Waals surface area contributed by atoms with Crippen molar-refractivity contribution in [2.45, 2.75) is 46.0 Å². The lowest BCUT2D eigenvalue weighted by atomic mass is 10.2. The van der Waals surface area contributed by atoms with Gasteiger partial charge < -0.3 is 9.64 Å². The van der Waals surface area contributed by atoms with Crippen LogP contribution in [0.3, 0.4) is 0 Å². The molecule has 0 saturated carbocycles. The fraction of sp³-hybridized carbons (Fsp3) is 0.688. The van der Waals surface area contributed by atoms with Crippen molar-refractivity contribution < 1.29 is 14.3 Å². The fourth-order valence-electron chi connectivity index (χ4n) is 2.40. The lowest BCUT2D eigenvalue weighted by Gasteiger charge is -2.19. The van der Waals surface area contributed by atoms with Crippen LogP contribution in [-0.4, -0.2) is 41.6 Å². The molecule has 1 fully saturated rings. The maximum Gasteiger partial charge on any atom is 0.413 e. The molecule has 1 aliphatic rings. The Morgan fingerprint density at radius 2 is 2.00 bits per heavy atom. The standard InChI is InChI=1S/C16H25N3O3S/c1-12(2)10-22-16(21)18-15-17-13(11-23-15)9-14(20)19-7-5-3-4-6-8-19/h11-12H,3-10H2,1-2H3,(H,17,18,21). The van der Waals surface area contributed by atoms with Crippen LogP contribution in [-0.2, 0) is 16.0 Å². The average Bonchev–Trinajstić information content (AvgIpc) is 2.77. The monoisotopic (exact) mass is 339 g/mol. The first-order valence-corrected chi connectivity index (χ1v) is 9.08. The largest absolute Gasteiger partial charge is 0.449 e. The van der Waals surface area contributed by atoms with Crippen molar-refractivity contribution in [2.24, 2.45) is 5.92 Å². The highest BCUT2D eigenvalue weighted by Gasteiger charge is 2.17. The van der Waals surface area contributed by atoms with E-state index in [0.717, 1.165) is 25.9 Å². The minimum absolute atomic E-state index is 0.117. The number of ether oxygens (including phenoxy) is 1. The summed E-state index contributed by atoms with van der Waals surface area (Å²) in [5, 5.41) is 4.88. The number of nitrogens with one attached hydrogen (secondary N) is 1. The number of nitrogens with zero attached hydrogens (tertiary/aromatic N) is 2. The van der Waals surface area contributed by atoms with Gasteiger partial charge in [-0.1, -0.05) is 26.7 Å². The predicted molar refractivity (Wildman–Crippen MR) is 90.7 cm³/mol. The van der Waals surface area contributed by atoms with E-state index in [0.29, 0.717) is 29.8 Å². The average molecular weight is 339 g/mol. The van der Waals surface area contributed by atoms with Gasteiger partial charge in [-0.15, -0.1) is 11.3 Å². The van der Waals surface area contributed by atoms with Crippen LogP contribution >= 0.6 is 11.3 Å². The van der Waals surface area contributed by atoms with Gasteiger partial charge in [-0.2, -0.15) is 0 Å². The normalized spacial score (nSPS) is 15.3. The Morgan fingerprint density at radius 1 is 1.30 bits per heavy atom. The molecule has 0 atom stereocenters. The van der Waals surface area contributed by atoms with E-state index in [2.05, 4.69) is 10.3 Å². The Morgan fingerprint density at radius 3 is 2.65 bits per heavy atom. The van der Waals surface area contributed by atoms with Crippen LogP contribution in [0.25, 0.3) is 0 Å². The maximum absolute atomic E-state index is 12.3. The van der Waals surface area contributed by atoms with Crippen molar-refractivity contribution in [3.8, 4) is 0 Å². The maximum atomic E-state index is 12.3. The molecular formula is C16H25N3O3S. The van der Waals surface area contributed by atoms with E-state index < -0.39 is 6.09 Å². The number of hydrogen-bond donors (Lipinski definition) is 1. The lowest BCUT2D eigenvalue weighted by Crippen LogP contribution is -2.33. The number of carbonyl (C=O) groups excluding carboxylic acids is 2. The second kappa shape index (κ2) is 8.86. The molecule has 0 spiro atoms. The van der Waals surface area contributed by atoms with Gasteiger partial charge in [0, 0.05) is 18.5 Å². The minimum atomic E-state index is -0.501. The molecule has 128 valence electrons. The highest BCUT2D eigenvalue weighted by molar-refractivity contribution is 7.13. The molecule has 0 bridgehead atoms. The molecule has 1 saturated heterocycles. The molecule has 2 heterocycles. The van der Waals surface area contributed by atoms with Gasteiger partial charge in [0.25, 0.3) is 0 Å². The zero-order chi connectivity index (χ0) is 16.7. The number of aromatic nitrogens is 1. The summed E-state index contributed by atoms with van der Waals surface area (Å²) in [6, 6.07) is 0. The van der Waals surface area contributed by atoms with Gasteiger partial charge in [0.15, 0.2) is 5.13 Å². The highest BCUT2D eigenvalue weighted by Crippen LogP contribution is 2.18. The van der Waals surface area contributed by atoms with Crippen LogP contribution < -0.4 is 5.32 Å². The first-order valence-electron chi connectivity index (χ1n) is 8.20. The third-order valence-electron chi connectivity index (χ3n) is 3.60.